The zero-order valence-corrected chi connectivity index (χ0v) is 16.7. The van der Waals surface area contributed by atoms with Crippen LogP contribution in [0.3, 0.4) is 0 Å². The van der Waals surface area contributed by atoms with E-state index >= 15 is 0 Å². The maximum Gasteiger partial charge on any atom is 0.344 e. The number of hydrogen-bond acceptors (Lipinski definition) is 5. The first kappa shape index (κ1) is 20.9. The van der Waals surface area contributed by atoms with E-state index < -0.39 is 12.1 Å². The van der Waals surface area contributed by atoms with E-state index in [-0.39, 0.29) is 18.1 Å². The van der Waals surface area contributed by atoms with Crippen molar-refractivity contribution in [3.63, 3.8) is 0 Å². The summed E-state index contributed by atoms with van der Waals surface area (Å²) in [4.78, 5) is 23.5. The lowest BCUT2D eigenvalue weighted by Gasteiger charge is -2.15. The number of ether oxygens (including phenoxy) is 2. The van der Waals surface area contributed by atoms with Crippen molar-refractivity contribution < 1.29 is 24.2 Å². The number of carbonyl (C=O) groups excluding carboxylic acids is 1. The average Bonchev–Trinajstić information content (AvgIpc) is 2.74. The predicted octanol–water partition coefficient (Wildman–Crippen LogP) is 3.39. The number of rotatable bonds is 8. The van der Waals surface area contributed by atoms with Gasteiger partial charge >= 0.3 is 5.97 Å². The van der Waals surface area contributed by atoms with Gasteiger partial charge in [-0.25, -0.2) is 10.2 Å². The Morgan fingerprint density at radius 1 is 1.10 bits per heavy atom. The Bertz CT molecular complexity index is 1090. The molecular formula is C23H22N2O5. The van der Waals surface area contributed by atoms with E-state index in [9.17, 15) is 9.59 Å². The molecule has 0 bridgehead atoms. The Morgan fingerprint density at radius 3 is 2.60 bits per heavy atom. The molecule has 7 heteroatoms. The largest absolute Gasteiger partial charge is 0.493 e. The number of methoxy groups -OCH3 is 1. The molecule has 0 heterocycles. The van der Waals surface area contributed by atoms with E-state index in [1.54, 1.807) is 18.2 Å². The normalized spacial score (nSPS) is 11.9. The number of hydrazone groups is 1. The molecule has 0 aliphatic heterocycles. The van der Waals surface area contributed by atoms with Crippen molar-refractivity contribution in [3.8, 4) is 11.5 Å². The summed E-state index contributed by atoms with van der Waals surface area (Å²) in [6, 6.07) is 18.7. The Balaban J connectivity index is 1.73. The highest BCUT2D eigenvalue weighted by Gasteiger charge is 2.18. The van der Waals surface area contributed by atoms with E-state index in [2.05, 4.69) is 10.5 Å². The first-order chi connectivity index (χ1) is 14.5. The lowest BCUT2D eigenvalue weighted by molar-refractivity contribution is -0.144. The van der Waals surface area contributed by atoms with E-state index in [1.165, 1.54) is 20.2 Å². The number of carbonyl (C=O) groups is 2. The molecule has 0 saturated heterocycles. The third-order valence-corrected chi connectivity index (χ3v) is 4.50. The number of nitrogens with one attached hydrogen (secondary N) is 1. The summed E-state index contributed by atoms with van der Waals surface area (Å²) in [5.74, 6) is -0.768. The number of benzene rings is 3. The van der Waals surface area contributed by atoms with Gasteiger partial charge in [0.1, 0.15) is 0 Å². The third kappa shape index (κ3) is 4.94. The quantitative estimate of drug-likeness (QED) is 0.441. The van der Waals surface area contributed by atoms with Gasteiger partial charge in [0.25, 0.3) is 0 Å². The lowest BCUT2D eigenvalue weighted by atomic mass is 10.0. The number of carboxylic acids is 1. The summed E-state index contributed by atoms with van der Waals surface area (Å²) < 4.78 is 10.7. The van der Waals surface area contributed by atoms with Gasteiger partial charge in [0, 0.05) is 5.56 Å². The Kier molecular flexibility index (Phi) is 6.64. The molecule has 7 nitrogen and oxygen atoms in total. The van der Waals surface area contributed by atoms with Gasteiger partial charge in [-0.3, -0.25) is 4.79 Å². The van der Waals surface area contributed by atoms with Gasteiger partial charge in [-0.05, 0) is 35.4 Å². The van der Waals surface area contributed by atoms with Gasteiger partial charge in [0.05, 0.1) is 19.7 Å². The van der Waals surface area contributed by atoms with Crippen molar-refractivity contribution in [3.05, 3.63) is 71.8 Å². The number of para-hydroxylation sites is 1. The van der Waals surface area contributed by atoms with Gasteiger partial charge in [-0.1, -0.05) is 48.5 Å². The summed E-state index contributed by atoms with van der Waals surface area (Å²) in [6.07, 6.45) is 0.498. The van der Waals surface area contributed by atoms with Crippen molar-refractivity contribution in [1.29, 1.82) is 0 Å². The van der Waals surface area contributed by atoms with Crippen LogP contribution in [0.2, 0.25) is 0 Å². The molecule has 0 unspecified atom stereocenters. The summed E-state index contributed by atoms with van der Waals surface area (Å²) in [7, 11) is 1.46. The lowest BCUT2D eigenvalue weighted by Crippen LogP contribution is -2.24. The highest BCUT2D eigenvalue weighted by atomic mass is 16.5. The summed E-state index contributed by atoms with van der Waals surface area (Å²) >= 11 is 0. The molecule has 0 aromatic heterocycles. The summed E-state index contributed by atoms with van der Waals surface area (Å²) in [6.45, 7) is 1.42. The van der Waals surface area contributed by atoms with E-state index in [0.717, 1.165) is 16.3 Å². The molecule has 1 amide bonds. The van der Waals surface area contributed by atoms with Gasteiger partial charge < -0.3 is 14.6 Å². The topological polar surface area (TPSA) is 97.2 Å². The minimum atomic E-state index is -1.10. The number of amides is 1. The standard InChI is InChI=1S/C23H22N2O5/c1-15(23(27)28)30-22-18(10-6-12-20(22)29-2)14-24-25-21(26)13-17-9-5-8-16-7-3-4-11-19(16)17/h3-12,14-15H,13H2,1-2H3,(H,25,26)(H,27,28)/b24-14-/t15-/m1/s1. The fraction of sp³-hybridized carbons (Fsp3) is 0.174. The minimum absolute atomic E-state index is 0.177. The molecule has 1 atom stereocenters. The van der Waals surface area contributed by atoms with Crippen LogP contribution in [0.15, 0.2) is 65.8 Å². The van der Waals surface area contributed by atoms with Gasteiger partial charge in [-0.15, -0.1) is 0 Å². The predicted molar refractivity (Wildman–Crippen MR) is 114 cm³/mol. The maximum atomic E-state index is 12.4. The number of aliphatic carboxylic acids is 1. The van der Waals surface area contributed by atoms with Crippen LogP contribution >= 0.6 is 0 Å². The van der Waals surface area contributed by atoms with Gasteiger partial charge in [-0.2, -0.15) is 5.10 Å². The first-order valence-corrected chi connectivity index (χ1v) is 9.34. The molecule has 2 N–H and O–H groups in total. The molecule has 0 aliphatic carbocycles. The molecule has 0 spiro atoms. The number of fused-ring (bicyclic) bond motifs is 1. The van der Waals surface area contributed by atoms with E-state index in [1.807, 2.05) is 42.5 Å². The molecule has 0 saturated carbocycles. The fourth-order valence-corrected chi connectivity index (χ4v) is 2.98. The minimum Gasteiger partial charge on any atom is -0.493 e. The van der Waals surface area contributed by atoms with E-state index in [0.29, 0.717) is 11.3 Å². The van der Waals surface area contributed by atoms with Crippen LogP contribution in [-0.4, -0.2) is 36.4 Å². The van der Waals surface area contributed by atoms with Crippen LogP contribution in [0.5, 0.6) is 11.5 Å². The molecule has 3 rings (SSSR count). The van der Waals surface area contributed by atoms with Crippen molar-refractivity contribution >= 4 is 28.9 Å². The SMILES string of the molecule is COc1cccc(/C=N\NC(=O)Cc2cccc3ccccc23)c1O[C@H](C)C(=O)O. The molecular weight excluding hydrogens is 384 g/mol. The van der Waals surface area contributed by atoms with Crippen LogP contribution in [0.25, 0.3) is 10.8 Å². The molecule has 0 aliphatic rings. The number of nitrogens with zero attached hydrogens (tertiary/aromatic N) is 1. The van der Waals surface area contributed by atoms with Crippen LogP contribution in [0.1, 0.15) is 18.1 Å². The second-order valence-electron chi connectivity index (χ2n) is 6.59. The second-order valence-corrected chi connectivity index (χ2v) is 6.59. The molecule has 0 radical (unpaired) electrons. The van der Waals surface area contributed by atoms with Gasteiger partial charge in [0.2, 0.25) is 5.91 Å². The van der Waals surface area contributed by atoms with Crippen molar-refractivity contribution in [1.82, 2.24) is 5.43 Å². The summed E-state index contributed by atoms with van der Waals surface area (Å²) in [5.41, 5.74) is 3.89. The van der Waals surface area contributed by atoms with Crippen LogP contribution in [-0.2, 0) is 16.0 Å². The Hall–Kier alpha value is -3.87. The summed E-state index contributed by atoms with van der Waals surface area (Å²) in [5, 5.41) is 15.2. The smallest absolute Gasteiger partial charge is 0.344 e. The first-order valence-electron chi connectivity index (χ1n) is 9.34. The second kappa shape index (κ2) is 9.56. The highest BCUT2D eigenvalue weighted by Crippen LogP contribution is 2.31. The molecule has 3 aromatic rings. The zero-order valence-electron chi connectivity index (χ0n) is 16.7. The average molecular weight is 406 g/mol. The molecule has 0 fully saturated rings. The molecule has 30 heavy (non-hydrogen) atoms. The van der Waals surface area contributed by atoms with Crippen LogP contribution in [0.4, 0.5) is 0 Å². The van der Waals surface area contributed by atoms with Gasteiger partial charge in [0.15, 0.2) is 17.6 Å². The highest BCUT2D eigenvalue weighted by molar-refractivity contribution is 5.91. The van der Waals surface area contributed by atoms with E-state index in [4.69, 9.17) is 14.6 Å². The molecule has 3 aromatic carbocycles. The maximum absolute atomic E-state index is 12.4. The number of carboxylic acid groups (broad SMARTS) is 1. The Labute approximate surface area is 173 Å². The van der Waals surface area contributed by atoms with Crippen molar-refractivity contribution in [2.75, 3.05) is 7.11 Å². The monoisotopic (exact) mass is 406 g/mol. The number of hydrogen-bond donors (Lipinski definition) is 2. The van der Waals surface area contributed by atoms with Crippen molar-refractivity contribution in [2.45, 2.75) is 19.4 Å². The zero-order chi connectivity index (χ0) is 21.5. The molecule has 154 valence electrons. The Morgan fingerprint density at radius 2 is 1.83 bits per heavy atom. The van der Waals surface area contributed by atoms with Crippen LogP contribution in [0, 0.1) is 0 Å². The fourth-order valence-electron chi connectivity index (χ4n) is 2.98. The van der Waals surface area contributed by atoms with Crippen LogP contribution < -0.4 is 14.9 Å². The van der Waals surface area contributed by atoms with Crippen molar-refractivity contribution in [2.24, 2.45) is 5.10 Å². The third-order valence-electron chi connectivity index (χ3n) is 4.50.